The lowest BCUT2D eigenvalue weighted by atomic mass is 10.2. The number of carbonyl (C=O) groups is 1. The van der Waals surface area contributed by atoms with Crippen LogP contribution in [0.25, 0.3) is 0 Å². The summed E-state index contributed by atoms with van der Waals surface area (Å²) in [7, 11) is 0. The number of hydrogen-bond donors (Lipinski definition) is 2. The number of carbonyl (C=O) groups excluding carboxylic acids is 1. The molecule has 1 amide bonds. The molecule has 0 aliphatic carbocycles. The number of pyridine rings is 1. The highest BCUT2D eigenvalue weighted by atomic mass is 16.5. The van der Waals surface area contributed by atoms with Crippen LogP contribution in [0.5, 0.6) is 0 Å². The molecule has 1 aromatic rings. The highest BCUT2D eigenvalue weighted by Gasteiger charge is 2.24. The van der Waals surface area contributed by atoms with Gasteiger partial charge in [-0.1, -0.05) is 13.0 Å². The summed E-state index contributed by atoms with van der Waals surface area (Å²) in [4.78, 5) is 18.2. The van der Waals surface area contributed by atoms with E-state index < -0.39 is 0 Å². The van der Waals surface area contributed by atoms with Gasteiger partial charge in [-0.2, -0.15) is 0 Å². The van der Waals surface area contributed by atoms with Crippen molar-refractivity contribution in [2.45, 2.75) is 19.4 Å². The zero-order chi connectivity index (χ0) is 13.0. The Morgan fingerprint density at radius 1 is 1.67 bits per heavy atom. The van der Waals surface area contributed by atoms with Crippen molar-refractivity contribution in [3.63, 3.8) is 0 Å². The molecule has 3 N–H and O–H groups in total. The van der Waals surface area contributed by atoms with Gasteiger partial charge < -0.3 is 15.1 Å². The number of amides is 1. The van der Waals surface area contributed by atoms with E-state index in [-0.39, 0.29) is 12.0 Å². The van der Waals surface area contributed by atoms with Gasteiger partial charge in [-0.25, -0.2) is 10.8 Å². The predicted octanol–water partition coefficient (Wildman–Crippen LogP) is 0.618. The fourth-order valence-corrected chi connectivity index (χ4v) is 1.95. The molecule has 2 rings (SSSR count). The summed E-state index contributed by atoms with van der Waals surface area (Å²) in [6, 6.07) is 5.16. The second-order valence-corrected chi connectivity index (χ2v) is 4.20. The van der Waals surface area contributed by atoms with Gasteiger partial charge in [-0.15, -0.1) is 0 Å². The van der Waals surface area contributed by atoms with Gasteiger partial charge in [0.25, 0.3) is 5.91 Å². The van der Waals surface area contributed by atoms with Gasteiger partial charge in [0.15, 0.2) is 0 Å². The Balaban J connectivity index is 2.10. The van der Waals surface area contributed by atoms with Gasteiger partial charge >= 0.3 is 0 Å². The second kappa shape index (κ2) is 5.79. The lowest BCUT2D eigenvalue weighted by molar-refractivity contribution is -0.0228. The number of hydrogen-bond acceptors (Lipinski definition) is 5. The van der Waals surface area contributed by atoms with Gasteiger partial charge in [-0.3, -0.25) is 4.79 Å². The van der Waals surface area contributed by atoms with Crippen molar-refractivity contribution in [2.75, 3.05) is 25.1 Å². The van der Waals surface area contributed by atoms with Crippen LogP contribution >= 0.6 is 0 Å². The first-order chi connectivity index (χ1) is 8.74. The van der Waals surface area contributed by atoms with Gasteiger partial charge in [0.1, 0.15) is 11.5 Å². The van der Waals surface area contributed by atoms with Gasteiger partial charge in [0.2, 0.25) is 0 Å². The Labute approximate surface area is 106 Å². The van der Waals surface area contributed by atoms with Gasteiger partial charge in [-0.05, 0) is 18.6 Å². The van der Waals surface area contributed by atoms with Gasteiger partial charge in [0.05, 0.1) is 12.7 Å². The first kappa shape index (κ1) is 12.8. The Hall–Kier alpha value is -1.66. The lowest BCUT2D eigenvalue weighted by Gasteiger charge is -2.32. The summed E-state index contributed by atoms with van der Waals surface area (Å²) in [6.07, 6.45) is 1.03. The van der Waals surface area contributed by atoms with Crippen molar-refractivity contribution in [2.24, 2.45) is 5.84 Å². The zero-order valence-electron chi connectivity index (χ0n) is 10.4. The van der Waals surface area contributed by atoms with Crippen LogP contribution in [-0.2, 0) is 4.74 Å². The molecule has 1 aliphatic heterocycles. The molecule has 6 nitrogen and oxygen atoms in total. The average molecular weight is 250 g/mol. The third kappa shape index (κ3) is 2.77. The molecular weight excluding hydrogens is 232 g/mol. The number of nitrogens with two attached hydrogens (primary N) is 1. The standard InChI is InChI=1S/C12H18N4O2/c1-2-9-8-16(6-7-18-9)12(17)10-4-3-5-11(14-10)15-13/h3-5,9H,2,6-8,13H2,1H3,(H,14,15). The Kier molecular flexibility index (Phi) is 4.11. The van der Waals surface area contributed by atoms with Crippen molar-refractivity contribution >= 4 is 11.7 Å². The minimum absolute atomic E-state index is 0.0751. The number of rotatable bonds is 3. The molecule has 0 saturated carbocycles. The number of nitrogen functional groups attached to an aromatic ring is 1. The van der Waals surface area contributed by atoms with Crippen LogP contribution in [0.4, 0.5) is 5.82 Å². The maximum absolute atomic E-state index is 12.3. The van der Waals surface area contributed by atoms with Crippen LogP contribution in [-0.4, -0.2) is 41.6 Å². The van der Waals surface area contributed by atoms with Crippen LogP contribution in [0.2, 0.25) is 0 Å². The Morgan fingerprint density at radius 2 is 2.50 bits per heavy atom. The molecule has 18 heavy (non-hydrogen) atoms. The van der Waals surface area contributed by atoms with E-state index in [0.717, 1.165) is 6.42 Å². The Bertz CT molecular complexity index is 424. The first-order valence-corrected chi connectivity index (χ1v) is 6.09. The largest absolute Gasteiger partial charge is 0.375 e. The van der Waals surface area contributed by atoms with Crippen molar-refractivity contribution in [3.05, 3.63) is 23.9 Å². The summed E-state index contributed by atoms with van der Waals surface area (Å²) in [5, 5.41) is 0. The molecule has 0 spiro atoms. The van der Waals surface area contributed by atoms with E-state index in [9.17, 15) is 4.79 Å². The quantitative estimate of drug-likeness (QED) is 0.607. The van der Waals surface area contributed by atoms with E-state index in [1.54, 1.807) is 23.1 Å². The maximum atomic E-state index is 12.3. The molecule has 2 heterocycles. The molecule has 0 aromatic carbocycles. The fourth-order valence-electron chi connectivity index (χ4n) is 1.95. The summed E-state index contributed by atoms with van der Waals surface area (Å²) in [5.41, 5.74) is 2.84. The van der Waals surface area contributed by atoms with Crippen LogP contribution in [0.3, 0.4) is 0 Å². The van der Waals surface area contributed by atoms with Crippen molar-refractivity contribution < 1.29 is 9.53 Å². The number of morpholine rings is 1. The zero-order valence-corrected chi connectivity index (χ0v) is 10.4. The minimum atomic E-state index is -0.0751. The number of nitrogens with zero attached hydrogens (tertiary/aromatic N) is 2. The number of anilines is 1. The smallest absolute Gasteiger partial charge is 0.272 e. The second-order valence-electron chi connectivity index (χ2n) is 4.20. The molecule has 0 bridgehead atoms. The number of nitrogens with one attached hydrogen (secondary N) is 1. The summed E-state index contributed by atoms with van der Waals surface area (Å²) < 4.78 is 5.54. The van der Waals surface area contributed by atoms with Crippen LogP contribution in [0.15, 0.2) is 18.2 Å². The topological polar surface area (TPSA) is 80.5 Å². The molecule has 1 atom stereocenters. The summed E-state index contributed by atoms with van der Waals surface area (Å²) >= 11 is 0. The third-order valence-corrected chi connectivity index (χ3v) is 3.00. The highest BCUT2D eigenvalue weighted by molar-refractivity contribution is 5.92. The molecule has 98 valence electrons. The summed E-state index contributed by atoms with van der Waals surface area (Å²) in [5.74, 6) is 5.70. The molecule has 1 saturated heterocycles. The molecule has 1 unspecified atom stereocenters. The lowest BCUT2D eigenvalue weighted by Crippen LogP contribution is -2.45. The first-order valence-electron chi connectivity index (χ1n) is 6.09. The Morgan fingerprint density at radius 3 is 3.22 bits per heavy atom. The van der Waals surface area contributed by atoms with E-state index in [4.69, 9.17) is 10.6 Å². The van der Waals surface area contributed by atoms with E-state index in [2.05, 4.69) is 17.3 Å². The van der Waals surface area contributed by atoms with Gasteiger partial charge in [0, 0.05) is 13.1 Å². The molecule has 6 heteroatoms. The molecular formula is C12H18N4O2. The van der Waals surface area contributed by atoms with Crippen molar-refractivity contribution in [3.8, 4) is 0 Å². The van der Waals surface area contributed by atoms with Crippen LogP contribution < -0.4 is 11.3 Å². The van der Waals surface area contributed by atoms with E-state index in [1.807, 2.05) is 0 Å². The fraction of sp³-hybridized carbons (Fsp3) is 0.500. The van der Waals surface area contributed by atoms with Crippen molar-refractivity contribution in [1.82, 2.24) is 9.88 Å². The maximum Gasteiger partial charge on any atom is 0.272 e. The molecule has 1 aliphatic rings. The highest BCUT2D eigenvalue weighted by Crippen LogP contribution is 2.12. The van der Waals surface area contributed by atoms with Crippen LogP contribution in [0, 0.1) is 0 Å². The summed E-state index contributed by atoms with van der Waals surface area (Å²) in [6.45, 7) is 3.86. The van der Waals surface area contributed by atoms with Crippen molar-refractivity contribution in [1.29, 1.82) is 0 Å². The van der Waals surface area contributed by atoms with E-state index in [1.165, 1.54) is 0 Å². The SMILES string of the molecule is CCC1CN(C(=O)c2cccc(NN)n2)CCO1. The molecule has 1 fully saturated rings. The molecule has 0 radical (unpaired) electrons. The number of ether oxygens (including phenoxy) is 1. The minimum Gasteiger partial charge on any atom is -0.375 e. The monoisotopic (exact) mass is 250 g/mol. The number of aromatic nitrogens is 1. The van der Waals surface area contributed by atoms with Crippen LogP contribution in [0.1, 0.15) is 23.8 Å². The van der Waals surface area contributed by atoms with E-state index in [0.29, 0.717) is 31.2 Å². The predicted molar refractivity (Wildman–Crippen MR) is 68.0 cm³/mol. The third-order valence-electron chi connectivity index (χ3n) is 3.00. The normalized spacial score (nSPS) is 19.7. The molecule has 1 aromatic heterocycles. The van der Waals surface area contributed by atoms with E-state index >= 15 is 0 Å². The average Bonchev–Trinajstić information content (AvgIpc) is 2.46. The number of hydrazine groups is 1.